The largest absolute Gasteiger partial charge is 0.486 e. The number of amides is 2. The van der Waals surface area contributed by atoms with Crippen LogP contribution in [0.3, 0.4) is 0 Å². The molecule has 0 saturated carbocycles. The Morgan fingerprint density at radius 2 is 2.00 bits per heavy atom. The zero-order valence-electron chi connectivity index (χ0n) is 13.3. The predicted molar refractivity (Wildman–Crippen MR) is 85.7 cm³/mol. The monoisotopic (exact) mass is 318 g/mol. The second kappa shape index (κ2) is 6.89. The maximum Gasteiger partial charge on any atom is 0.313 e. The average Bonchev–Trinajstić information content (AvgIpc) is 2.60. The van der Waals surface area contributed by atoms with Gasteiger partial charge in [-0.05, 0) is 37.8 Å². The van der Waals surface area contributed by atoms with Crippen molar-refractivity contribution in [3.05, 3.63) is 18.2 Å². The summed E-state index contributed by atoms with van der Waals surface area (Å²) in [4.78, 5) is 26.4. The molecule has 23 heavy (non-hydrogen) atoms. The molecule has 2 amide bonds. The van der Waals surface area contributed by atoms with Gasteiger partial charge >= 0.3 is 11.8 Å². The third-order valence-electron chi connectivity index (χ3n) is 4.35. The third kappa shape index (κ3) is 3.41. The lowest BCUT2D eigenvalue weighted by molar-refractivity contribution is -0.145. The third-order valence-corrected chi connectivity index (χ3v) is 4.35. The van der Waals surface area contributed by atoms with Crippen molar-refractivity contribution in [3.8, 4) is 11.5 Å². The number of nitrogens with one attached hydrogen (secondary N) is 1. The lowest BCUT2D eigenvalue weighted by Gasteiger charge is -2.34. The number of piperidine rings is 1. The summed E-state index contributed by atoms with van der Waals surface area (Å²) in [5.74, 6) is 0.196. The van der Waals surface area contributed by atoms with Crippen LogP contribution in [0, 0.1) is 0 Å². The molecule has 1 fully saturated rings. The smallest absolute Gasteiger partial charge is 0.313 e. The summed E-state index contributed by atoms with van der Waals surface area (Å²) in [7, 11) is 0. The summed E-state index contributed by atoms with van der Waals surface area (Å²) in [5, 5.41) is 2.67. The van der Waals surface area contributed by atoms with Gasteiger partial charge in [-0.1, -0.05) is 6.92 Å². The molecule has 1 aromatic rings. The molecule has 2 aliphatic heterocycles. The topological polar surface area (TPSA) is 67.9 Å². The van der Waals surface area contributed by atoms with Crippen molar-refractivity contribution < 1.29 is 19.1 Å². The number of benzene rings is 1. The predicted octanol–water partition coefficient (Wildman–Crippen LogP) is 2.19. The molecule has 2 heterocycles. The summed E-state index contributed by atoms with van der Waals surface area (Å²) in [5.41, 5.74) is 0.539. The van der Waals surface area contributed by atoms with Crippen LogP contribution in [0.5, 0.6) is 11.5 Å². The molecule has 6 nitrogen and oxygen atoms in total. The lowest BCUT2D eigenvalue weighted by Crippen LogP contribution is -2.48. The maximum atomic E-state index is 12.4. The fraction of sp³-hybridized carbons (Fsp3) is 0.529. The number of ether oxygens (including phenoxy) is 2. The highest BCUT2D eigenvalue weighted by atomic mass is 16.6. The van der Waals surface area contributed by atoms with E-state index in [4.69, 9.17) is 9.47 Å². The summed E-state index contributed by atoms with van der Waals surface area (Å²) in [6, 6.07) is 5.31. The minimum absolute atomic E-state index is 0.169. The molecule has 124 valence electrons. The molecular formula is C17H22N2O4. The molecule has 0 spiro atoms. The highest BCUT2D eigenvalue weighted by molar-refractivity contribution is 6.39. The Balaban J connectivity index is 1.67. The second-order valence-electron chi connectivity index (χ2n) is 5.87. The standard InChI is InChI=1S/C17H22N2O4/c1-2-13-5-3-4-8-19(13)17(21)16(20)18-12-6-7-14-15(11-12)23-10-9-22-14/h6-7,11,13H,2-5,8-10H2,1H3,(H,18,20). The highest BCUT2D eigenvalue weighted by Gasteiger charge is 2.29. The second-order valence-corrected chi connectivity index (χ2v) is 5.87. The van der Waals surface area contributed by atoms with Crippen LogP contribution in [-0.4, -0.2) is 42.5 Å². The summed E-state index contributed by atoms with van der Waals surface area (Å²) in [6.07, 6.45) is 3.92. The molecule has 1 unspecified atom stereocenters. The zero-order chi connectivity index (χ0) is 16.2. The van der Waals surface area contributed by atoms with Gasteiger partial charge in [0.1, 0.15) is 13.2 Å². The molecule has 1 N–H and O–H groups in total. The van der Waals surface area contributed by atoms with Gasteiger partial charge < -0.3 is 19.7 Å². The van der Waals surface area contributed by atoms with Gasteiger partial charge in [-0.2, -0.15) is 0 Å². The van der Waals surface area contributed by atoms with Gasteiger partial charge in [0, 0.05) is 24.3 Å². The Morgan fingerprint density at radius 1 is 1.22 bits per heavy atom. The van der Waals surface area contributed by atoms with Crippen molar-refractivity contribution >= 4 is 17.5 Å². The molecule has 6 heteroatoms. The first-order valence-corrected chi connectivity index (χ1v) is 8.20. The number of hydrogen-bond acceptors (Lipinski definition) is 4. The van der Waals surface area contributed by atoms with Crippen molar-refractivity contribution in [2.24, 2.45) is 0 Å². The average molecular weight is 318 g/mol. The van der Waals surface area contributed by atoms with Crippen molar-refractivity contribution in [1.29, 1.82) is 0 Å². The van der Waals surface area contributed by atoms with Gasteiger partial charge in [0.05, 0.1) is 0 Å². The van der Waals surface area contributed by atoms with Gasteiger partial charge in [0.25, 0.3) is 0 Å². The van der Waals surface area contributed by atoms with Crippen LogP contribution in [0.4, 0.5) is 5.69 Å². The summed E-state index contributed by atoms with van der Waals surface area (Å²) in [6.45, 7) is 3.71. The van der Waals surface area contributed by atoms with Crippen LogP contribution in [0.1, 0.15) is 32.6 Å². The van der Waals surface area contributed by atoms with Crippen LogP contribution in [-0.2, 0) is 9.59 Å². The lowest BCUT2D eigenvalue weighted by atomic mass is 10.00. The number of rotatable bonds is 2. The van der Waals surface area contributed by atoms with E-state index < -0.39 is 11.8 Å². The van der Waals surface area contributed by atoms with Gasteiger partial charge in [0.2, 0.25) is 0 Å². The molecule has 1 aromatic carbocycles. The maximum absolute atomic E-state index is 12.4. The van der Waals surface area contributed by atoms with E-state index in [0.29, 0.717) is 36.9 Å². The molecule has 0 aliphatic carbocycles. The van der Waals surface area contributed by atoms with Crippen LogP contribution < -0.4 is 14.8 Å². The van der Waals surface area contributed by atoms with E-state index in [1.165, 1.54) is 0 Å². The molecule has 0 radical (unpaired) electrons. The zero-order valence-corrected chi connectivity index (χ0v) is 13.3. The molecular weight excluding hydrogens is 296 g/mol. The van der Waals surface area contributed by atoms with Gasteiger partial charge in [0.15, 0.2) is 11.5 Å². The Bertz CT molecular complexity index is 602. The Hall–Kier alpha value is -2.24. The van der Waals surface area contributed by atoms with Crippen LogP contribution in [0.15, 0.2) is 18.2 Å². The normalized spacial score (nSPS) is 20.0. The fourth-order valence-corrected chi connectivity index (χ4v) is 3.13. The number of anilines is 1. The summed E-state index contributed by atoms with van der Waals surface area (Å²) >= 11 is 0. The first-order chi connectivity index (χ1) is 11.2. The first-order valence-electron chi connectivity index (χ1n) is 8.20. The number of fused-ring (bicyclic) bond motifs is 1. The van der Waals surface area contributed by atoms with E-state index in [-0.39, 0.29) is 6.04 Å². The number of likely N-dealkylation sites (tertiary alicyclic amines) is 1. The molecule has 3 rings (SSSR count). The molecule has 2 aliphatic rings. The molecule has 1 atom stereocenters. The molecule has 0 bridgehead atoms. The van der Waals surface area contributed by atoms with Gasteiger partial charge in [-0.3, -0.25) is 9.59 Å². The van der Waals surface area contributed by atoms with Crippen molar-refractivity contribution in [2.45, 2.75) is 38.6 Å². The van der Waals surface area contributed by atoms with E-state index in [0.717, 1.165) is 25.7 Å². The minimum atomic E-state index is -0.595. The Labute approximate surface area is 135 Å². The quantitative estimate of drug-likeness (QED) is 0.849. The van der Waals surface area contributed by atoms with Crippen molar-refractivity contribution in [2.75, 3.05) is 25.1 Å². The van der Waals surface area contributed by atoms with E-state index in [2.05, 4.69) is 12.2 Å². The fourth-order valence-electron chi connectivity index (χ4n) is 3.13. The van der Waals surface area contributed by atoms with Crippen LogP contribution in [0.2, 0.25) is 0 Å². The number of nitrogens with zero attached hydrogens (tertiary/aromatic N) is 1. The number of carbonyl (C=O) groups excluding carboxylic acids is 2. The summed E-state index contributed by atoms with van der Waals surface area (Å²) < 4.78 is 10.9. The van der Waals surface area contributed by atoms with Gasteiger partial charge in [-0.25, -0.2) is 0 Å². The molecule has 0 aromatic heterocycles. The Morgan fingerprint density at radius 3 is 2.78 bits per heavy atom. The SMILES string of the molecule is CCC1CCCCN1C(=O)C(=O)Nc1ccc2c(c1)OCCO2. The van der Waals surface area contributed by atoms with E-state index >= 15 is 0 Å². The van der Waals surface area contributed by atoms with Crippen LogP contribution >= 0.6 is 0 Å². The Kier molecular flexibility index (Phi) is 4.69. The first kappa shape index (κ1) is 15.6. The van der Waals surface area contributed by atoms with Crippen LogP contribution in [0.25, 0.3) is 0 Å². The van der Waals surface area contributed by atoms with E-state index in [1.54, 1.807) is 23.1 Å². The molecule has 1 saturated heterocycles. The number of carbonyl (C=O) groups is 2. The van der Waals surface area contributed by atoms with E-state index in [1.807, 2.05) is 0 Å². The van der Waals surface area contributed by atoms with Crippen molar-refractivity contribution in [1.82, 2.24) is 4.90 Å². The van der Waals surface area contributed by atoms with Gasteiger partial charge in [-0.15, -0.1) is 0 Å². The van der Waals surface area contributed by atoms with E-state index in [9.17, 15) is 9.59 Å². The van der Waals surface area contributed by atoms with Crippen molar-refractivity contribution in [3.63, 3.8) is 0 Å². The number of hydrogen-bond donors (Lipinski definition) is 1. The minimum Gasteiger partial charge on any atom is -0.486 e. The highest BCUT2D eigenvalue weighted by Crippen LogP contribution is 2.32.